The van der Waals surface area contributed by atoms with Gasteiger partial charge in [0.15, 0.2) is 0 Å². The Hall–Kier alpha value is -3.71. The molecule has 5 aromatic carbocycles. The summed E-state index contributed by atoms with van der Waals surface area (Å²) in [5, 5.41) is 16.5. The molecule has 0 amide bonds. The van der Waals surface area contributed by atoms with Gasteiger partial charge in [-0.1, -0.05) is 193 Å². The molecule has 0 aliphatic carbocycles. The first-order valence-corrected chi connectivity index (χ1v) is 26.4. The van der Waals surface area contributed by atoms with E-state index in [2.05, 4.69) is 175 Å². The zero-order chi connectivity index (χ0) is 42.9. The van der Waals surface area contributed by atoms with Crippen LogP contribution in [0.5, 0.6) is 0 Å². The molecule has 0 aromatic heterocycles. The Morgan fingerprint density at radius 2 is 0.869 bits per heavy atom. The molecular weight excluding hydrogens is 789 g/mol. The van der Waals surface area contributed by atoms with Crippen LogP contribution in [0.3, 0.4) is 0 Å². The number of ether oxygens (including phenoxy) is 3. The number of hydrogen-bond acceptors (Lipinski definition) is 6. The van der Waals surface area contributed by atoms with E-state index in [-0.39, 0.29) is 40.6 Å². The van der Waals surface area contributed by atoms with E-state index in [4.69, 9.17) is 23.1 Å². The van der Waals surface area contributed by atoms with Gasteiger partial charge in [-0.25, -0.2) is 0 Å². The van der Waals surface area contributed by atoms with Gasteiger partial charge in [-0.05, 0) is 74.9 Å². The summed E-state index contributed by atoms with van der Waals surface area (Å²) in [7, 11) is -5.40. The van der Waals surface area contributed by atoms with Crippen LogP contribution in [0.15, 0.2) is 152 Å². The highest BCUT2D eigenvalue weighted by Gasteiger charge is 2.52. The quantitative estimate of drug-likeness (QED) is 0.0889. The number of hydrogen-bond donors (Lipinski definition) is 1. The van der Waals surface area contributed by atoms with Gasteiger partial charge in [-0.3, -0.25) is 0 Å². The zero-order valence-electron chi connectivity index (χ0n) is 37.3. The van der Waals surface area contributed by atoms with Crippen LogP contribution in [0.4, 0.5) is 0 Å². The molecule has 61 heavy (non-hydrogen) atoms. The number of rotatable bonds is 18. The van der Waals surface area contributed by atoms with Crippen molar-refractivity contribution in [3.05, 3.63) is 157 Å². The van der Waals surface area contributed by atoms with E-state index in [0.29, 0.717) is 32.7 Å². The zero-order valence-corrected chi connectivity index (χ0v) is 39.3. The van der Waals surface area contributed by atoms with Gasteiger partial charge in [0.25, 0.3) is 16.6 Å². The van der Waals surface area contributed by atoms with Crippen molar-refractivity contribution in [1.82, 2.24) is 0 Å². The predicted molar refractivity (Wildman–Crippen MR) is 253 cm³/mol. The summed E-state index contributed by atoms with van der Waals surface area (Å²) in [6.45, 7) is 15.4. The molecule has 2 aliphatic heterocycles. The predicted octanol–water partition coefficient (Wildman–Crippen LogP) is 8.96. The van der Waals surface area contributed by atoms with Gasteiger partial charge in [0, 0.05) is 0 Å². The van der Waals surface area contributed by atoms with E-state index in [9.17, 15) is 5.11 Å². The Kier molecular flexibility index (Phi) is 15.0. The van der Waals surface area contributed by atoms with Crippen LogP contribution >= 0.6 is 0 Å². The average molecular weight is 857 g/mol. The average Bonchev–Trinajstić information content (AvgIpc) is 3.96. The van der Waals surface area contributed by atoms with E-state index in [0.717, 1.165) is 31.2 Å². The molecule has 0 radical (unpaired) electrons. The largest absolute Gasteiger partial charge is 0.405 e. The highest BCUT2D eigenvalue weighted by Crippen LogP contribution is 2.39. The second kappa shape index (κ2) is 20.2. The Balaban J connectivity index is 1.00. The lowest BCUT2D eigenvalue weighted by Gasteiger charge is -2.43. The highest BCUT2D eigenvalue weighted by atomic mass is 28.4. The van der Waals surface area contributed by atoms with E-state index in [1.807, 2.05) is 18.2 Å². The van der Waals surface area contributed by atoms with Crippen LogP contribution < -0.4 is 20.7 Å². The molecule has 8 heteroatoms. The summed E-state index contributed by atoms with van der Waals surface area (Å²) in [6.07, 6.45) is 3.40. The molecule has 2 fully saturated rings. The number of aliphatic hydroxyl groups is 1. The Labute approximate surface area is 367 Å². The van der Waals surface area contributed by atoms with Gasteiger partial charge in [0.2, 0.25) is 0 Å². The fourth-order valence-corrected chi connectivity index (χ4v) is 19.1. The Bertz CT molecular complexity index is 1960. The molecule has 1 N–H and O–H groups in total. The summed E-state index contributed by atoms with van der Waals surface area (Å²) in [5.74, 6) is 0. The number of benzene rings is 5. The summed E-state index contributed by atoms with van der Waals surface area (Å²) in [5.41, 5.74) is 1.13. The van der Waals surface area contributed by atoms with Crippen molar-refractivity contribution in [1.29, 1.82) is 0 Å². The maximum Gasteiger partial charge on any atom is 0.261 e. The summed E-state index contributed by atoms with van der Waals surface area (Å²) in [6, 6.07) is 53.5. The van der Waals surface area contributed by atoms with Crippen molar-refractivity contribution in [2.24, 2.45) is 0 Å². The van der Waals surface area contributed by atoms with Crippen LogP contribution in [0.1, 0.15) is 85.6 Å². The van der Waals surface area contributed by atoms with Crippen molar-refractivity contribution in [3.63, 3.8) is 0 Å². The van der Waals surface area contributed by atoms with E-state index >= 15 is 0 Å². The molecule has 6 atom stereocenters. The lowest BCUT2D eigenvalue weighted by molar-refractivity contribution is -0.0950. The summed E-state index contributed by atoms with van der Waals surface area (Å²) < 4.78 is 34.7. The van der Waals surface area contributed by atoms with Crippen LogP contribution in [-0.4, -0.2) is 71.6 Å². The number of aliphatic hydroxyl groups excluding tert-OH is 1. The lowest BCUT2D eigenvalue weighted by atomic mass is 9.99. The maximum absolute atomic E-state index is 11.7. The molecule has 0 unspecified atom stereocenters. The van der Waals surface area contributed by atoms with Gasteiger partial charge < -0.3 is 28.2 Å². The highest BCUT2D eigenvalue weighted by molar-refractivity contribution is 7.00. The van der Waals surface area contributed by atoms with Crippen molar-refractivity contribution in [3.8, 4) is 0 Å². The summed E-state index contributed by atoms with van der Waals surface area (Å²) in [4.78, 5) is 0. The Morgan fingerprint density at radius 1 is 0.508 bits per heavy atom. The first kappa shape index (κ1) is 45.3. The lowest BCUT2D eigenvalue weighted by Crippen LogP contribution is -2.67. The molecule has 2 aliphatic rings. The normalized spacial score (nSPS) is 21.0. The SMILES string of the molecule is CC(C)(C)[Si](OC[C@@H]1CC[C@@H]([C@H](O)CC[C@H](OCc2ccccc2)[C@@H]2CC[C@@H](CO[Si](c3ccccc3)(c3ccccc3)C(C)(C)C)O2)O1)(c1ccccc1)c1ccccc1. The first-order chi connectivity index (χ1) is 29.4. The molecule has 0 spiro atoms. The van der Waals surface area contributed by atoms with Crippen molar-refractivity contribution in [2.75, 3.05) is 13.2 Å². The minimum absolute atomic E-state index is 0.0474. The third-order valence-corrected chi connectivity index (χ3v) is 23.0. The summed E-state index contributed by atoms with van der Waals surface area (Å²) >= 11 is 0. The fraction of sp³-hybridized carbons (Fsp3) is 0.434. The van der Waals surface area contributed by atoms with E-state index in [1.165, 1.54) is 20.7 Å². The molecule has 7 rings (SSSR count). The minimum atomic E-state index is -2.70. The first-order valence-electron chi connectivity index (χ1n) is 22.6. The van der Waals surface area contributed by atoms with Crippen LogP contribution in [0.25, 0.3) is 0 Å². The topological polar surface area (TPSA) is 66.4 Å². The fourth-order valence-electron chi connectivity index (χ4n) is 9.90. The van der Waals surface area contributed by atoms with Crippen molar-refractivity contribution in [2.45, 2.75) is 133 Å². The van der Waals surface area contributed by atoms with Crippen LogP contribution in [-0.2, 0) is 29.7 Å². The van der Waals surface area contributed by atoms with Gasteiger partial charge in [-0.15, -0.1) is 0 Å². The molecule has 2 saturated heterocycles. The third kappa shape index (κ3) is 10.4. The van der Waals surface area contributed by atoms with Crippen LogP contribution in [0, 0.1) is 0 Å². The molecule has 6 nitrogen and oxygen atoms in total. The molecule has 0 bridgehead atoms. The monoisotopic (exact) mass is 856 g/mol. The smallest absolute Gasteiger partial charge is 0.261 e. The van der Waals surface area contributed by atoms with Gasteiger partial charge in [0.05, 0.1) is 56.4 Å². The van der Waals surface area contributed by atoms with Crippen molar-refractivity contribution < 1.29 is 28.2 Å². The molecule has 5 aromatic rings. The van der Waals surface area contributed by atoms with Gasteiger partial charge in [0.1, 0.15) is 0 Å². The standard InChI is InChI=1S/C53H68O6Si2/c1-52(2,3)60(44-24-14-8-15-25-44,45-26-16-9-17-27-45)56-39-42-32-35-49(58-42)48(54)34-37-50(55-38-41-22-12-7-13-23-41)51-36-33-43(59-51)40-57-61(53(4,5)6,46-28-18-10-19-29-46)47-30-20-11-21-31-47/h7-31,42-43,48-51,54H,32-40H2,1-6H3/t42-,43-,48+,49-,50-,51-/m0/s1. The third-order valence-electron chi connectivity index (χ3n) is 13.0. The van der Waals surface area contributed by atoms with E-state index < -0.39 is 22.7 Å². The van der Waals surface area contributed by atoms with Crippen molar-refractivity contribution >= 4 is 37.4 Å². The van der Waals surface area contributed by atoms with Gasteiger partial charge in [-0.2, -0.15) is 0 Å². The van der Waals surface area contributed by atoms with Crippen LogP contribution in [0.2, 0.25) is 10.1 Å². The van der Waals surface area contributed by atoms with E-state index in [1.54, 1.807) is 0 Å². The minimum Gasteiger partial charge on any atom is -0.405 e. The molecule has 0 saturated carbocycles. The maximum atomic E-state index is 11.7. The van der Waals surface area contributed by atoms with Gasteiger partial charge >= 0.3 is 0 Å². The molecule has 2 heterocycles. The second-order valence-electron chi connectivity index (χ2n) is 19.2. The Morgan fingerprint density at radius 3 is 1.26 bits per heavy atom. The molecule has 324 valence electrons. The second-order valence-corrected chi connectivity index (χ2v) is 27.8. The molecular formula is C53H68O6Si2.